The van der Waals surface area contributed by atoms with Crippen LogP contribution in [-0.4, -0.2) is 65.0 Å². The van der Waals surface area contributed by atoms with Gasteiger partial charge in [-0.05, 0) is 61.8 Å². The van der Waals surface area contributed by atoms with Gasteiger partial charge in [-0.3, -0.25) is 0 Å². The summed E-state index contributed by atoms with van der Waals surface area (Å²) >= 11 is 0. The van der Waals surface area contributed by atoms with Crippen LogP contribution in [0.15, 0.2) is 48.5 Å². The van der Waals surface area contributed by atoms with E-state index in [4.69, 9.17) is 9.47 Å². The molecule has 2 aliphatic rings. The average molecular weight is 481 g/mol. The molecule has 1 saturated heterocycles. The van der Waals surface area contributed by atoms with Gasteiger partial charge in [0.25, 0.3) is 0 Å². The molecule has 0 bridgehead atoms. The zero-order chi connectivity index (χ0) is 25.2. The van der Waals surface area contributed by atoms with E-state index in [0.29, 0.717) is 25.9 Å². The first-order chi connectivity index (χ1) is 16.6. The number of rotatable bonds is 4. The van der Waals surface area contributed by atoms with Crippen LogP contribution in [0.3, 0.4) is 0 Å². The fourth-order valence-electron chi connectivity index (χ4n) is 4.79. The molecule has 8 nitrogen and oxygen atoms in total. The number of carbonyl (C=O) groups is 3. The molecule has 1 aliphatic carbocycles. The predicted molar refractivity (Wildman–Crippen MR) is 130 cm³/mol. The lowest BCUT2D eigenvalue weighted by molar-refractivity contribution is 0.0165. The number of carboxylic acid groups (broad SMARTS) is 1. The van der Waals surface area contributed by atoms with Gasteiger partial charge in [0, 0.05) is 25.6 Å². The maximum Gasteiger partial charge on any atom is 0.419 e. The Labute approximate surface area is 205 Å². The molecule has 0 unspecified atom stereocenters. The zero-order valence-electron chi connectivity index (χ0n) is 20.4. The summed E-state index contributed by atoms with van der Waals surface area (Å²) in [6.07, 6.45) is -1.41. The van der Waals surface area contributed by atoms with E-state index >= 15 is 0 Å². The summed E-state index contributed by atoms with van der Waals surface area (Å²) in [5.74, 6) is -0.190. The van der Waals surface area contributed by atoms with Gasteiger partial charge in [0.15, 0.2) is 0 Å². The van der Waals surface area contributed by atoms with Crippen LogP contribution >= 0.6 is 0 Å². The maximum absolute atomic E-state index is 12.8. The van der Waals surface area contributed by atoms with E-state index in [2.05, 4.69) is 0 Å². The molecule has 0 aromatic heterocycles. The molecule has 1 heterocycles. The van der Waals surface area contributed by atoms with E-state index in [0.717, 1.165) is 27.2 Å². The molecule has 0 spiro atoms. The van der Waals surface area contributed by atoms with Crippen molar-refractivity contribution in [3.05, 3.63) is 59.7 Å². The third-order valence-corrected chi connectivity index (χ3v) is 6.49. The number of hydrogen-bond acceptors (Lipinski definition) is 5. The highest BCUT2D eigenvalue weighted by atomic mass is 16.6. The fraction of sp³-hybridized carbons (Fsp3) is 0.444. The van der Waals surface area contributed by atoms with E-state index < -0.39 is 17.8 Å². The van der Waals surface area contributed by atoms with Crippen molar-refractivity contribution in [2.24, 2.45) is 5.92 Å². The summed E-state index contributed by atoms with van der Waals surface area (Å²) in [6, 6.07) is 16.0. The Balaban J connectivity index is 1.35. The number of carbonyl (C=O) groups excluding carboxylic acids is 2. The first-order valence-electron chi connectivity index (χ1n) is 12.0. The highest BCUT2D eigenvalue weighted by Crippen LogP contribution is 2.44. The molecule has 35 heavy (non-hydrogen) atoms. The minimum atomic E-state index is -1.34. The van der Waals surface area contributed by atoms with E-state index in [9.17, 15) is 19.5 Å². The molecule has 1 fully saturated rings. The smallest absolute Gasteiger partial charge is 0.419 e. The summed E-state index contributed by atoms with van der Waals surface area (Å²) in [7, 11) is 0. The molecule has 0 radical (unpaired) electrons. The normalized spacial score (nSPS) is 15.8. The minimum Gasteiger partial charge on any atom is -0.465 e. The second kappa shape index (κ2) is 9.98. The van der Waals surface area contributed by atoms with Crippen LogP contribution in [-0.2, 0) is 9.47 Å². The number of benzene rings is 2. The van der Waals surface area contributed by atoms with Crippen LogP contribution in [0.4, 0.5) is 14.4 Å². The van der Waals surface area contributed by atoms with Crippen molar-refractivity contribution in [2.75, 3.05) is 26.2 Å². The Hall–Kier alpha value is -3.55. The molecule has 0 atom stereocenters. The number of nitrogens with zero attached hydrogens (tertiary/aromatic N) is 2. The van der Waals surface area contributed by atoms with Crippen molar-refractivity contribution in [1.82, 2.24) is 9.80 Å². The number of hydrogen-bond donors (Lipinski definition) is 1. The highest BCUT2D eigenvalue weighted by molar-refractivity contribution is 5.87. The Morgan fingerprint density at radius 2 is 1.51 bits per heavy atom. The lowest BCUT2D eigenvalue weighted by atomic mass is 9.96. The third-order valence-electron chi connectivity index (χ3n) is 6.49. The number of likely N-dealkylation sites (tertiary alicyclic amines) is 1. The predicted octanol–water partition coefficient (Wildman–Crippen LogP) is 5.56. The van der Waals surface area contributed by atoms with Gasteiger partial charge in [-0.2, -0.15) is 0 Å². The number of ether oxygens (including phenoxy) is 2. The Kier molecular flexibility index (Phi) is 7.00. The van der Waals surface area contributed by atoms with Crippen molar-refractivity contribution in [2.45, 2.75) is 45.1 Å². The SMILES string of the molecule is CC(C)(C)OC(=O)N1CCC(CN(C(=O)O)C(=O)OCC2c3ccccc3-c3ccccc32)CC1. The van der Waals surface area contributed by atoms with E-state index in [-0.39, 0.29) is 31.1 Å². The third kappa shape index (κ3) is 5.58. The van der Waals surface area contributed by atoms with Crippen LogP contribution in [0.1, 0.15) is 50.7 Å². The van der Waals surface area contributed by atoms with E-state index in [1.807, 2.05) is 69.3 Å². The molecule has 8 heteroatoms. The van der Waals surface area contributed by atoms with Gasteiger partial charge in [0.05, 0.1) is 0 Å². The van der Waals surface area contributed by atoms with Crippen LogP contribution in [0.2, 0.25) is 0 Å². The van der Waals surface area contributed by atoms with Crippen LogP contribution in [0.5, 0.6) is 0 Å². The molecule has 3 amide bonds. The van der Waals surface area contributed by atoms with E-state index in [1.54, 1.807) is 4.90 Å². The highest BCUT2D eigenvalue weighted by Gasteiger charge is 2.33. The van der Waals surface area contributed by atoms with Crippen molar-refractivity contribution in [3.63, 3.8) is 0 Å². The summed E-state index contributed by atoms with van der Waals surface area (Å²) in [5.41, 5.74) is 3.78. The second-order valence-corrected chi connectivity index (χ2v) is 10.1. The van der Waals surface area contributed by atoms with Gasteiger partial charge in [-0.1, -0.05) is 48.5 Å². The first-order valence-corrected chi connectivity index (χ1v) is 12.0. The summed E-state index contributed by atoms with van der Waals surface area (Å²) in [5, 5.41) is 9.69. The molecule has 2 aromatic rings. The van der Waals surface area contributed by atoms with Crippen LogP contribution in [0.25, 0.3) is 11.1 Å². The first kappa shape index (κ1) is 24.6. The quantitative estimate of drug-likeness (QED) is 0.615. The fourth-order valence-corrected chi connectivity index (χ4v) is 4.79. The topological polar surface area (TPSA) is 96.4 Å². The van der Waals surface area contributed by atoms with Crippen molar-refractivity contribution < 1.29 is 29.0 Å². The molecular formula is C27H32N2O6. The van der Waals surface area contributed by atoms with Gasteiger partial charge in [0.2, 0.25) is 0 Å². The lowest BCUT2D eigenvalue weighted by Crippen LogP contribution is -2.46. The van der Waals surface area contributed by atoms with Crippen molar-refractivity contribution in [1.29, 1.82) is 0 Å². The standard InChI is InChI=1S/C27H32N2O6/c1-27(2,3)35-25(32)28-14-12-18(13-15-28)16-29(24(30)31)26(33)34-17-23-21-10-6-4-8-19(21)20-9-5-7-11-22(20)23/h4-11,18,23H,12-17H2,1-3H3,(H,30,31). The molecule has 1 N–H and O–H groups in total. The minimum absolute atomic E-state index is 0.0359. The lowest BCUT2D eigenvalue weighted by Gasteiger charge is -2.34. The Bertz CT molecular complexity index is 1060. The van der Waals surface area contributed by atoms with Crippen LogP contribution in [0, 0.1) is 5.92 Å². The van der Waals surface area contributed by atoms with Gasteiger partial charge in [-0.25, -0.2) is 19.3 Å². The number of amides is 3. The zero-order valence-corrected chi connectivity index (χ0v) is 20.4. The van der Waals surface area contributed by atoms with E-state index in [1.165, 1.54) is 0 Å². The molecular weight excluding hydrogens is 448 g/mol. The van der Waals surface area contributed by atoms with Gasteiger partial charge in [0.1, 0.15) is 12.2 Å². The van der Waals surface area contributed by atoms with Crippen LogP contribution < -0.4 is 0 Å². The van der Waals surface area contributed by atoms with Gasteiger partial charge < -0.3 is 19.5 Å². The number of piperidine rings is 1. The molecule has 4 rings (SSSR count). The molecule has 0 saturated carbocycles. The Morgan fingerprint density at radius 1 is 0.971 bits per heavy atom. The van der Waals surface area contributed by atoms with Crippen molar-refractivity contribution >= 4 is 18.3 Å². The summed E-state index contributed by atoms with van der Waals surface area (Å²) in [6.45, 7) is 6.46. The molecule has 2 aromatic carbocycles. The summed E-state index contributed by atoms with van der Waals surface area (Å²) in [4.78, 5) is 39.3. The number of fused-ring (bicyclic) bond motifs is 3. The monoisotopic (exact) mass is 480 g/mol. The second-order valence-electron chi connectivity index (χ2n) is 10.1. The van der Waals surface area contributed by atoms with Crippen molar-refractivity contribution in [3.8, 4) is 11.1 Å². The average Bonchev–Trinajstić information content (AvgIpc) is 3.14. The largest absolute Gasteiger partial charge is 0.465 e. The summed E-state index contributed by atoms with van der Waals surface area (Å²) < 4.78 is 10.9. The number of imide groups is 1. The van der Waals surface area contributed by atoms with Gasteiger partial charge in [-0.15, -0.1) is 0 Å². The molecule has 1 aliphatic heterocycles. The maximum atomic E-state index is 12.8. The van der Waals surface area contributed by atoms with Gasteiger partial charge >= 0.3 is 18.3 Å². The molecule has 186 valence electrons. The Morgan fingerprint density at radius 3 is 2.03 bits per heavy atom.